The van der Waals surface area contributed by atoms with Gasteiger partial charge < -0.3 is 4.90 Å². The monoisotopic (exact) mass is 424 g/mol. The Kier molecular flexibility index (Phi) is 5.44. The first-order chi connectivity index (χ1) is 14.3. The van der Waals surface area contributed by atoms with Gasteiger partial charge in [-0.2, -0.15) is 5.10 Å². The molecule has 30 heavy (non-hydrogen) atoms. The molecule has 2 heterocycles. The summed E-state index contributed by atoms with van der Waals surface area (Å²) in [6.07, 6.45) is 3.77. The highest BCUT2D eigenvalue weighted by molar-refractivity contribution is 7.89. The Labute approximate surface area is 176 Å². The van der Waals surface area contributed by atoms with Gasteiger partial charge >= 0.3 is 0 Å². The number of fused-ring (bicyclic) bond motifs is 1. The van der Waals surface area contributed by atoms with Crippen molar-refractivity contribution in [3.8, 4) is 0 Å². The quantitative estimate of drug-likeness (QED) is 0.680. The Morgan fingerprint density at radius 1 is 1.20 bits per heavy atom. The van der Waals surface area contributed by atoms with Gasteiger partial charge in [0, 0.05) is 32.3 Å². The Bertz CT molecular complexity index is 1190. The lowest BCUT2D eigenvalue weighted by Crippen LogP contribution is -2.44. The first kappa shape index (κ1) is 20.3. The second kappa shape index (κ2) is 8.04. The van der Waals surface area contributed by atoms with Crippen LogP contribution in [0.15, 0.2) is 65.8 Å². The molecule has 4 rings (SSSR count). The molecule has 2 aromatic carbocycles. The minimum atomic E-state index is -3.75. The maximum Gasteiger partial charge on any atom is 0.241 e. The van der Waals surface area contributed by atoms with Gasteiger partial charge in [-0.15, -0.1) is 0 Å². The topological polar surface area (TPSA) is 84.3 Å². The molecule has 0 radical (unpaired) electrons. The van der Waals surface area contributed by atoms with Crippen molar-refractivity contribution in [2.45, 2.75) is 24.3 Å². The van der Waals surface area contributed by atoms with Crippen LogP contribution in [0.1, 0.15) is 28.2 Å². The largest absolute Gasteiger partial charge is 0.336 e. The highest BCUT2D eigenvalue weighted by Crippen LogP contribution is 2.33. The second-order valence-electron chi connectivity index (χ2n) is 7.61. The van der Waals surface area contributed by atoms with Gasteiger partial charge in [-0.1, -0.05) is 36.4 Å². The fourth-order valence-electron chi connectivity index (χ4n) is 3.84. The molecule has 1 aliphatic heterocycles. The minimum absolute atomic E-state index is 0.000907. The summed E-state index contributed by atoms with van der Waals surface area (Å²) >= 11 is 0. The third kappa shape index (κ3) is 4.15. The number of hydrogen-bond acceptors (Lipinski definition) is 4. The molecule has 0 bridgehead atoms. The number of aryl methyl sites for hydroxylation is 2. The lowest BCUT2D eigenvalue weighted by atomic mass is 9.86. The standard InChI is InChI=1S/C22H24N4O3S/c1-16-6-5-8-19(10-16)30(28,29)24-12-22(27)26-14-17-7-3-4-9-20(17)21(15-26)18-11-23-25(2)13-18/h3-11,13,21,24H,12,14-15H2,1-2H3. The van der Waals surface area contributed by atoms with Crippen molar-refractivity contribution >= 4 is 15.9 Å². The number of amides is 1. The summed E-state index contributed by atoms with van der Waals surface area (Å²) in [5.41, 5.74) is 4.11. The van der Waals surface area contributed by atoms with Crippen LogP contribution in [0.25, 0.3) is 0 Å². The lowest BCUT2D eigenvalue weighted by Gasteiger charge is -2.34. The number of rotatable bonds is 5. The summed E-state index contributed by atoms with van der Waals surface area (Å²) < 4.78 is 29.3. The van der Waals surface area contributed by atoms with E-state index in [1.165, 1.54) is 11.6 Å². The van der Waals surface area contributed by atoms with Crippen molar-refractivity contribution in [1.29, 1.82) is 0 Å². The molecule has 8 heteroatoms. The average Bonchev–Trinajstić information content (AvgIpc) is 3.17. The first-order valence-corrected chi connectivity index (χ1v) is 11.2. The minimum Gasteiger partial charge on any atom is -0.336 e. The van der Waals surface area contributed by atoms with Crippen LogP contribution in [0.5, 0.6) is 0 Å². The van der Waals surface area contributed by atoms with Crippen molar-refractivity contribution in [3.63, 3.8) is 0 Å². The van der Waals surface area contributed by atoms with E-state index in [2.05, 4.69) is 15.9 Å². The number of hydrogen-bond donors (Lipinski definition) is 1. The molecular weight excluding hydrogens is 400 g/mol. The molecule has 1 amide bonds. The Hall–Kier alpha value is -2.97. The molecule has 0 fully saturated rings. The zero-order valence-electron chi connectivity index (χ0n) is 16.9. The van der Waals surface area contributed by atoms with Gasteiger partial charge in [0.1, 0.15) is 0 Å². The van der Waals surface area contributed by atoms with Crippen molar-refractivity contribution in [3.05, 3.63) is 83.2 Å². The van der Waals surface area contributed by atoms with E-state index in [0.717, 1.165) is 16.7 Å². The molecular formula is C22H24N4O3S. The summed E-state index contributed by atoms with van der Waals surface area (Å²) in [5.74, 6) is -0.254. The number of aromatic nitrogens is 2. The third-order valence-electron chi connectivity index (χ3n) is 5.39. The van der Waals surface area contributed by atoms with Crippen molar-refractivity contribution in [2.24, 2.45) is 7.05 Å². The van der Waals surface area contributed by atoms with Gasteiger partial charge in [-0.3, -0.25) is 9.48 Å². The average molecular weight is 425 g/mol. The van der Waals surface area contributed by atoms with Gasteiger partial charge in [-0.05, 0) is 41.3 Å². The zero-order valence-corrected chi connectivity index (χ0v) is 17.8. The molecule has 1 aromatic heterocycles. The molecule has 156 valence electrons. The predicted octanol–water partition coefficient (Wildman–Crippen LogP) is 2.18. The number of benzene rings is 2. The summed E-state index contributed by atoms with van der Waals surface area (Å²) in [6, 6.07) is 14.7. The van der Waals surface area contributed by atoms with E-state index in [-0.39, 0.29) is 23.3 Å². The number of nitrogens with zero attached hydrogens (tertiary/aromatic N) is 3. The molecule has 1 atom stereocenters. The molecule has 1 unspecified atom stereocenters. The van der Waals surface area contributed by atoms with Crippen LogP contribution in [-0.2, 0) is 28.4 Å². The summed E-state index contributed by atoms with van der Waals surface area (Å²) in [4.78, 5) is 14.8. The van der Waals surface area contributed by atoms with Crippen molar-refractivity contribution in [2.75, 3.05) is 13.1 Å². The fourth-order valence-corrected chi connectivity index (χ4v) is 4.92. The zero-order chi connectivity index (χ0) is 21.3. The molecule has 0 spiro atoms. The Balaban J connectivity index is 1.52. The molecule has 3 aromatic rings. The molecule has 1 aliphatic rings. The SMILES string of the molecule is Cc1cccc(S(=O)(=O)NCC(=O)N2Cc3ccccc3C(c3cnn(C)c3)C2)c1. The van der Waals surface area contributed by atoms with Gasteiger partial charge in [0.25, 0.3) is 0 Å². The van der Waals surface area contributed by atoms with Crippen LogP contribution in [-0.4, -0.2) is 42.1 Å². The fraction of sp³-hybridized carbons (Fsp3) is 0.273. The van der Waals surface area contributed by atoms with Gasteiger partial charge in [0.05, 0.1) is 17.6 Å². The number of carbonyl (C=O) groups is 1. The molecule has 0 saturated heterocycles. The van der Waals surface area contributed by atoms with Crippen molar-refractivity contribution in [1.82, 2.24) is 19.4 Å². The highest BCUT2D eigenvalue weighted by Gasteiger charge is 2.30. The predicted molar refractivity (Wildman–Crippen MR) is 113 cm³/mol. The summed E-state index contributed by atoms with van der Waals surface area (Å²) in [6.45, 7) is 2.48. The van der Waals surface area contributed by atoms with E-state index < -0.39 is 10.0 Å². The number of nitrogens with one attached hydrogen (secondary N) is 1. The van der Waals surface area contributed by atoms with E-state index >= 15 is 0 Å². The third-order valence-corrected chi connectivity index (χ3v) is 6.79. The summed E-state index contributed by atoms with van der Waals surface area (Å²) in [7, 11) is -1.89. The molecule has 0 aliphatic carbocycles. The smallest absolute Gasteiger partial charge is 0.241 e. The van der Waals surface area contributed by atoms with Crippen LogP contribution >= 0.6 is 0 Å². The Morgan fingerprint density at radius 3 is 2.73 bits per heavy atom. The van der Waals surface area contributed by atoms with E-state index in [9.17, 15) is 13.2 Å². The van der Waals surface area contributed by atoms with E-state index in [4.69, 9.17) is 0 Å². The molecule has 1 N–H and O–H groups in total. The molecule has 0 saturated carbocycles. The van der Waals surface area contributed by atoms with Crippen LogP contribution in [0.3, 0.4) is 0 Å². The van der Waals surface area contributed by atoms with E-state index in [0.29, 0.717) is 13.1 Å². The van der Waals surface area contributed by atoms with Gasteiger partial charge in [-0.25, -0.2) is 13.1 Å². The normalized spacial score (nSPS) is 16.3. The van der Waals surface area contributed by atoms with Crippen LogP contribution in [0.2, 0.25) is 0 Å². The first-order valence-electron chi connectivity index (χ1n) is 9.74. The van der Waals surface area contributed by atoms with Crippen LogP contribution in [0, 0.1) is 6.92 Å². The van der Waals surface area contributed by atoms with Gasteiger partial charge in [0.15, 0.2) is 0 Å². The highest BCUT2D eigenvalue weighted by atomic mass is 32.2. The van der Waals surface area contributed by atoms with E-state index in [1.807, 2.05) is 50.6 Å². The summed E-state index contributed by atoms with van der Waals surface area (Å²) in [5, 5.41) is 4.27. The van der Waals surface area contributed by atoms with Crippen LogP contribution < -0.4 is 4.72 Å². The number of carbonyl (C=O) groups excluding carboxylic acids is 1. The Morgan fingerprint density at radius 2 is 2.00 bits per heavy atom. The van der Waals surface area contributed by atoms with E-state index in [1.54, 1.807) is 21.7 Å². The lowest BCUT2D eigenvalue weighted by molar-refractivity contribution is -0.131. The molecule has 7 nitrogen and oxygen atoms in total. The van der Waals surface area contributed by atoms with Crippen LogP contribution in [0.4, 0.5) is 0 Å². The second-order valence-corrected chi connectivity index (χ2v) is 9.38. The maximum absolute atomic E-state index is 12.9. The maximum atomic E-state index is 12.9. The number of sulfonamides is 1. The van der Waals surface area contributed by atoms with Crippen molar-refractivity contribution < 1.29 is 13.2 Å². The van der Waals surface area contributed by atoms with Gasteiger partial charge in [0.2, 0.25) is 15.9 Å².